The SMILES string of the molecule is CC1CNC(CC2CCCCO2)OC1.Cl. The van der Waals surface area contributed by atoms with Crippen LogP contribution in [0.4, 0.5) is 0 Å². The summed E-state index contributed by atoms with van der Waals surface area (Å²) in [7, 11) is 0. The summed E-state index contributed by atoms with van der Waals surface area (Å²) in [6.07, 6.45) is 5.42. The highest BCUT2D eigenvalue weighted by molar-refractivity contribution is 5.85. The average molecular weight is 236 g/mol. The molecule has 3 unspecified atom stereocenters. The van der Waals surface area contributed by atoms with Crippen LogP contribution in [0.1, 0.15) is 32.6 Å². The molecule has 3 atom stereocenters. The molecule has 0 aliphatic carbocycles. The molecular weight excluding hydrogens is 214 g/mol. The standard InChI is InChI=1S/C11H21NO2.ClH/c1-9-7-12-11(14-8-9)6-10-4-2-3-5-13-10;/h9-12H,2-8H2,1H3;1H. The molecule has 15 heavy (non-hydrogen) atoms. The molecule has 3 nitrogen and oxygen atoms in total. The van der Waals surface area contributed by atoms with E-state index >= 15 is 0 Å². The van der Waals surface area contributed by atoms with Gasteiger partial charge in [0.1, 0.15) is 6.23 Å². The number of ether oxygens (including phenoxy) is 2. The summed E-state index contributed by atoms with van der Waals surface area (Å²) in [6, 6.07) is 0. The van der Waals surface area contributed by atoms with E-state index in [1.54, 1.807) is 0 Å². The Morgan fingerprint density at radius 1 is 1.27 bits per heavy atom. The molecule has 2 aliphatic heterocycles. The molecule has 2 heterocycles. The van der Waals surface area contributed by atoms with Crippen LogP contribution in [0, 0.1) is 5.92 Å². The summed E-state index contributed by atoms with van der Waals surface area (Å²) in [4.78, 5) is 0. The highest BCUT2D eigenvalue weighted by Gasteiger charge is 2.23. The second-order valence-electron chi connectivity index (χ2n) is 4.56. The Balaban J connectivity index is 0.00000112. The summed E-state index contributed by atoms with van der Waals surface area (Å²) in [6.45, 7) is 5.12. The van der Waals surface area contributed by atoms with E-state index in [1.807, 2.05) is 0 Å². The van der Waals surface area contributed by atoms with Crippen LogP contribution < -0.4 is 5.32 Å². The normalized spacial score (nSPS) is 37.0. The maximum atomic E-state index is 5.70. The van der Waals surface area contributed by atoms with Gasteiger partial charge in [-0.1, -0.05) is 6.92 Å². The molecule has 0 saturated carbocycles. The van der Waals surface area contributed by atoms with E-state index in [1.165, 1.54) is 19.3 Å². The van der Waals surface area contributed by atoms with Crippen LogP contribution in [0.15, 0.2) is 0 Å². The lowest BCUT2D eigenvalue weighted by Crippen LogP contribution is -2.44. The summed E-state index contributed by atoms with van der Waals surface area (Å²) < 4.78 is 11.4. The molecule has 2 saturated heterocycles. The number of hydrogen-bond donors (Lipinski definition) is 1. The van der Waals surface area contributed by atoms with Crippen LogP contribution in [0.25, 0.3) is 0 Å². The van der Waals surface area contributed by atoms with Gasteiger partial charge in [0.25, 0.3) is 0 Å². The molecule has 2 rings (SSSR count). The van der Waals surface area contributed by atoms with Crippen LogP contribution in [0.2, 0.25) is 0 Å². The van der Waals surface area contributed by atoms with E-state index in [0.29, 0.717) is 12.0 Å². The molecular formula is C11H22ClNO2. The van der Waals surface area contributed by atoms with Gasteiger partial charge in [-0.2, -0.15) is 0 Å². The lowest BCUT2D eigenvalue weighted by Gasteiger charge is -2.32. The van der Waals surface area contributed by atoms with Gasteiger partial charge in [0.15, 0.2) is 0 Å². The zero-order chi connectivity index (χ0) is 9.80. The van der Waals surface area contributed by atoms with Crippen molar-refractivity contribution in [2.75, 3.05) is 19.8 Å². The molecule has 0 aromatic carbocycles. The van der Waals surface area contributed by atoms with Crippen LogP contribution in [0.5, 0.6) is 0 Å². The van der Waals surface area contributed by atoms with Crippen molar-refractivity contribution in [1.29, 1.82) is 0 Å². The van der Waals surface area contributed by atoms with Crippen molar-refractivity contribution in [3.63, 3.8) is 0 Å². The van der Waals surface area contributed by atoms with Gasteiger partial charge in [0.2, 0.25) is 0 Å². The van der Waals surface area contributed by atoms with Gasteiger partial charge in [-0.3, -0.25) is 5.32 Å². The van der Waals surface area contributed by atoms with E-state index < -0.39 is 0 Å². The Bertz CT molecular complexity index is 166. The molecule has 0 radical (unpaired) electrons. The predicted octanol–water partition coefficient (Wildman–Crippen LogP) is 1.95. The fraction of sp³-hybridized carbons (Fsp3) is 1.00. The van der Waals surface area contributed by atoms with Crippen molar-refractivity contribution in [2.45, 2.75) is 44.9 Å². The van der Waals surface area contributed by atoms with Crippen molar-refractivity contribution in [2.24, 2.45) is 5.92 Å². The van der Waals surface area contributed by atoms with Crippen LogP contribution in [0.3, 0.4) is 0 Å². The third-order valence-corrected chi connectivity index (χ3v) is 3.03. The molecule has 0 bridgehead atoms. The first-order chi connectivity index (χ1) is 6.84. The first kappa shape index (κ1) is 13.2. The molecule has 4 heteroatoms. The van der Waals surface area contributed by atoms with Gasteiger partial charge in [0, 0.05) is 19.6 Å². The summed E-state index contributed by atoms with van der Waals surface area (Å²) in [5, 5.41) is 3.41. The Morgan fingerprint density at radius 2 is 2.13 bits per heavy atom. The van der Waals surface area contributed by atoms with E-state index in [9.17, 15) is 0 Å². The molecule has 0 aromatic heterocycles. The Morgan fingerprint density at radius 3 is 2.73 bits per heavy atom. The second-order valence-corrected chi connectivity index (χ2v) is 4.56. The fourth-order valence-electron chi connectivity index (χ4n) is 2.11. The lowest BCUT2D eigenvalue weighted by molar-refractivity contribution is -0.0721. The van der Waals surface area contributed by atoms with Gasteiger partial charge in [-0.15, -0.1) is 12.4 Å². The van der Waals surface area contributed by atoms with Crippen LogP contribution in [-0.4, -0.2) is 32.1 Å². The summed E-state index contributed by atoms with van der Waals surface area (Å²) in [5.74, 6) is 0.651. The van der Waals surface area contributed by atoms with Crippen molar-refractivity contribution in [3.8, 4) is 0 Å². The van der Waals surface area contributed by atoms with E-state index in [4.69, 9.17) is 9.47 Å². The third kappa shape index (κ3) is 4.27. The largest absolute Gasteiger partial charge is 0.378 e. The van der Waals surface area contributed by atoms with Crippen LogP contribution >= 0.6 is 12.4 Å². The van der Waals surface area contributed by atoms with E-state index in [0.717, 1.165) is 26.2 Å². The molecule has 0 amide bonds. The third-order valence-electron chi connectivity index (χ3n) is 3.03. The maximum absolute atomic E-state index is 5.70. The first-order valence-corrected chi connectivity index (χ1v) is 5.81. The number of nitrogens with one attached hydrogen (secondary N) is 1. The van der Waals surface area contributed by atoms with Crippen molar-refractivity contribution < 1.29 is 9.47 Å². The van der Waals surface area contributed by atoms with Crippen molar-refractivity contribution in [1.82, 2.24) is 5.32 Å². The lowest BCUT2D eigenvalue weighted by atomic mass is 10.0. The second kappa shape index (κ2) is 6.69. The Hall–Kier alpha value is 0.170. The molecule has 0 aromatic rings. The minimum absolute atomic E-state index is 0. The van der Waals surface area contributed by atoms with Gasteiger partial charge >= 0.3 is 0 Å². The molecule has 0 spiro atoms. The number of halogens is 1. The van der Waals surface area contributed by atoms with Gasteiger partial charge < -0.3 is 9.47 Å². The average Bonchev–Trinajstić information content (AvgIpc) is 2.23. The van der Waals surface area contributed by atoms with Gasteiger partial charge in [-0.25, -0.2) is 0 Å². The number of rotatable bonds is 2. The smallest absolute Gasteiger partial charge is 0.110 e. The fourth-order valence-corrected chi connectivity index (χ4v) is 2.11. The van der Waals surface area contributed by atoms with Crippen molar-refractivity contribution in [3.05, 3.63) is 0 Å². The zero-order valence-corrected chi connectivity index (χ0v) is 10.2. The minimum atomic E-state index is 0. The molecule has 1 N–H and O–H groups in total. The van der Waals surface area contributed by atoms with Gasteiger partial charge in [0.05, 0.1) is 12.7 Å². The highest BCUT2D eigenvalue weighted by atomic mass is 35.5. The first-order valence-electron chi connectivity index (χ1n) is 5.81. The maximum Gasteiger partial charge on any atom is 0.110 e. The highest BCUT2D eigenvalue weighted by Crippen LogP contribution is 2.19. The zero-order valence-electron chi connectivity index (χ0n) is 9.41. The molecule has 2 fully saturated rings. The quantitative estimate of drug-likeness (QED) is 0.794. The van der Waals surface area contributed by atoms with E-state index in [2.05, 4.69) is 12.2 Å². The predicted molar refractivity (Wildman–Crippen MR) is 62.4 cm³/mol. The van der Waals surface area contributed by atoms with Crippen molar-refractivity contribution >= 4 is 12.4 Å². The van der Waals surface area contributed by atoms with E-state index in [-0.39, 0.29) is 18.6 Å². The summed E-state index contributed by atoms with van der Waals surface area (Å²) in [5.41, 5.74) is 0. The number of hydrogen-bond acceptors (Lipinski definition) is 3. The van der Waals surface area contributed by atoms with Gasteiger partial charge in [-0.05, 0) is 25.2 Å². The monoisotopic (exact) mass is 235 g/mol. The topological polar surface area (TPSA) is 30.5 Å². The molecule has 2 aliphatic rings. The Labute approximate surface area is 98.3 Å². The van der Waals surface area contributed by atoms with Crippen LogP contribution in [-0.2, 0) is 9.47 Å². The Kier molecular flexibility index (Phi) is 5.90. The minimum Gasteiger partial charge on any atom is -0.378 e. The summed E-state index contributed by atoms with van der Waals surface area (Å²) >= 11 is 0. The molecule has 90 valence electrons.